The lowest BCUT2D eigenvalue weighted by Crippen LogP contribution is -2.47. The van der Waals surface area contributed by atoms with Crippen LogP contribution in [0.4, 0.5) is 5.69 Å². The van der Waals surface area contributed by atoms with Gasteiger partial charge >= 0.3 is 0 Å². The van der Waals surface area contributed by atoms with Crippen LogP contribution in [0, 0.1) is 0 Å². The predicted molar refractivity (Wildman–Crippen MR) is 141 cm³/mol. The maximum atomic E-state index is 6.14. The highest BCUT2D eigenvalue weighted by atomic mass is 16.5. The van der Waals surface area contributed by atoms with Crippen LogP contribution in [0.25, 0.3) is 5.57 Å². The summed E-state index contributed by atoms with van der Waals surface area (Å²) in [7, 11) is 1.75. The van der Waals surface area contributed by atoms with Crippen molar-refractivity contribution in [3.05, 3.63) is 71.8 Å². The second-order valence-electron chi connectivity index (χ2n) is 9.89. The molecule has 1 aromatic heterocycles. The molecular formula is C29H38N4O2. The first kappa shape index (κ1) is 23.9. The maximum Gasteiger partial charge on any atom is 0.142 e. The molecule has 6 heteroatoms. The summed E-state index contributed by atoms with van der Waals surface area (Å²) in [6, 6.07) is 13.2. The SMILES string of the molecule is COc1ccccc1N1CCN(C/C(=C/C2=C(C)OCN(C3CCCC3)C2)c2cccnc2)CC1. The number of methoxy groups -OCH3 is 1. The third kappa shape index (κ3) is 5.71. The van der Waals surface area contributed by atoms with Crippen molar-refractivity contribution in [2.45, 2.75) is 38.6 Å². The lowest BCUT2D eigenvalue weighted by molar-refractivity contribution is 0.0310. The van der Waals surface area contributed by atoms with Gasteiger partial charge in [-0.05, 0) is 55.2 Å². The molecule has 5 rings (SSSR count). The lowest BCUT2D eigenvalue weighted by Gasteiger charge is -2.37. The first-order chi connectivity index (χ1) is 17.2. The molecule has 6 nitrogen and oxygen atoms in total. The number of rotatable bonds is 7. The van der Waals surface area contributed by atoms with Gasteiger partial charge in [0, 0.05) is 63.3 Å². The van der Waals surface area contributed by atoms with Crippen molar-refractivity contribution in [1.29, 1.82) is 0 Å². The second kappa shape index (κ2) is 11.3. The largest absolute Gasteiger partial charge is 0.495 e. The molecule has 0 unspecified atom stereocenters. The van der Waals surface area contributed by atoms with Gasteiger partial charge in [0.25, 0.3) is 0 Å². The van der Waals surface area contributed by atoms with E-state index in [-0.39, 0.29) is 0 Å². The molecule has 0 spiro atoms. The Balaban J connectivity index is 1.31. The van der Waals surface area contributed by atoms with E-state index in [9.17, 15) is 0 Å². The van der Waals surface area contributed by atoms with E-state index in [2.05, 4.69) is 50.9 Å². The van der Waals surface area contributed by atoms with Crippen molar-refractivity contribution < 1.29 is 9.47 Å². The van der Waals surface area contributed by atoms with Crippen molar-refractivity contribution in [3.63, 3.8) is 0 Å². The number of pyridine rings is 1. The highest BCUT2D eigenvalue weighted by molar-refractivity contribution is 5.69. The molecule has 2 fully saturated rings. The van der Waals surface area contributed by atoms with Gasteiger partial charge in [0.05, 0.1) is 18.6 Å². The Hall–Kier alpha value is -2.83. The molecule has 0 N–H and O–H groups in total. The second-order valence-corrected chi connectivity index (χ2v) is 9.89. The molecule has 1 saturated heterocycles. The Morgan fingerprint density at radius 3 is 2.63 bits per heavy atom. The number of aromatic nitrogens is 1. The van der Waals surface area contributed by atoms with Crippen LogP contribution in [-0.4, -0.2) is 73.9 Å². The number of para-hydroxylation sites is 2. The average Bonchev–Trinajstić information content (AvgIpc) is 3.45. The van der Waals surface area contributed by atoms with Crippen LogP contribution in [0.1, 0.15) is 38.2 Å². The summed E-state index contributed by atoms with van der Waals surface area (Å²) in [5, 5.41) is 0. The van der Waals surface area contributed by atoms with Gasteiger partial charge in [-0.25, -0.2) is 0 Å². The van der Waals surface area contributed by atoms with Gasteiger partial charge in [0.1, 0.15) is 12.5 Å². The summed E-state index contributed by atoms with van der Waals surface area (Å²) in [6.07, 6.45) is 11.5. The zero-order valence-corrected chi connectivity index (χ0v) is 21.2. The topological polar surface area (TPSA) is 41.1 Å². The molecular weight excluding hydrogens is 436 g/mol. The number of ether oxygens (including phenoxy) is 2. The van der Waals surface area contributed by atoms with Crippen molar-refractivity contribution in [1.82, 2.24) is 14.8 Å². The quantitative estimate of drug-likeness (QED) is 0.574. The Morgan fingerprint density at radius 1 is 1.09 bits per heavy atom. The number of piperazine rings is 1. The van der Waals surface area contributed by atoms with E-state index in [0.717, 1.165) is 57.5 Å². The zero-order valence-electron chi connectivity index (χ0n) is 21.2. The summed E-state index contributed by atoms with van der Waals surface area (Å²) in [4.78, 5) is 11.9. The number of benzene rings is 1. The fourth-order valence-electron chi connectivity index (χ4n) is 5.56. The predicted octanol–water partition coefficient (Wildman–Crippen LogP) is 4.80. The fraction of sp³-hybridized carbons (Fsp3) is 0.483. The third-order valence-electron chi connectivity index (χ3n) is 7.69. The first-order valence-corrected chi connectivity index (χ1v) is 13.0. The molecule has 2 aliphatic heterocycles. The van der Waals surface area contributed by atoms with Crippen LogP contribution in [0.2, 0.25) is 0 Å². The van der Waals surface area contributed by atoms with Gasteiger partial charge in [0.2, 0.25) is 0 Å². The highest BCUT2D eigenvalue weighted by Crippen LogP contribution is 2.31. The average molecular weight is 475 g/mol. The summed E-state index contributed by atoms with van der Waals surface area (Å²) in [5.74, 6) is 2.00. The minimum Gasteiger partial charge on any atom is -0.495 e. The molecule has 0 bridgehead atoms. The molecule has 35 heavy (non-hydrogen) atoms. The van der Waals surface area contributed by atoms with Crippen molar-refractivity contribution in [2.24, 2.45) is 0 Å². The molecule has 1 saturated carbocycles. The Labute approximate surface area is 209 Å². The van der Waals surface area contributed by atoms with Crippen molar-refractivity contribution in [2.75, 3.05) is 58.0 Å². The monoisotopic (exact) mass is 474 g/mol. The van der Waals surface area contributed by atoms with E-state index in [4.69, 9.17) is 9.47 Å². The van der Waals surface area contributed by atoms with Gasteiger partial charge in [-0.2, -0.15) is 0 Å². The normalized spacial score (nSPS) is 20.9. The summed E-state index contributed by atoms with van der Waals surface area (Å²) >= 11 is 0. The first-order valence-electron chi connectivity index (χ1n) is 13.0. The molecule has 0 radical (unpaired) electrons. The van der Waals surface area contributed by atoms with Gasteiger partial charge < -0.3 is 14.4 Å². The Kier molecular flexibility index (Phi) is 7.69. The molecule has 1 aliphatic carbocycles. The van der Waals surface area contributed by atoms with Gasteiger partial charge in [0.15, 0.2) is 0 Å². The number of hydrogen-bond acceptors (Lipinski definition) is 6. The van der Waals surface area contributed by atoms with Crippen LogP contribution in [0.5, 0.6) is 5.75 Å². The molecule has 0 amide bonds. The van der Waals surface area contributed by atoms with E-state index >= 15 is 0 Å². The Bertz CT molecular complexity index is 1040. The summed E-state index contributed by atoms with van der Waals surface area (Å²) < 4.78 is 11.7. The van der Waals surface area contributed by atoms with E-state index in [0.29, 0.717) is 6.04 Å². The molecule has 3 heterocycles. The maximum absolute atomic E-state index is 6.14. The third-order valence-corrected chi connectivity index (χ3v) is 7.69. The minimum atomic E-state index is 0.663. The van der Waals surface area contributed by atoms with Gasteiger partial charge in [-0.1, -0.05) is 31.0 Å². The fourth-order valence-corrected chi connectivity index (χ4v) is 5.56. The van der Waals surface area contributed by atoms with Crippen molar-refractivity contribution in [3.8, 4) is 5.75 Å². The molecule has 2 aromatic rings. The minimum absolute atomic E-state index is 0.663. The van der Waals surface area contributed by atoms with Crippen LogP contribution in [-0.2, 0) is 4.74 Å². The number of hydrogen-bond donors (Lipinski definition) is 0. The molecule has 1 aromatic carbocycles. The number of nitrogens with zero attached hydrogens (tertiary/aromatic N) is 4. The van der Waals surface area contributed by atoms with Crippen molar-refractivity contribution >= 4 is 11.3 Å². The molecule has 0 atom stereocenters. The lowest BCUT2D eigenvalue weighted by atomic mass is 10.0. The number of allylic oxidation sites excluding steroid dienone is 1. The summed E-state index contributed by atoms with van der Waals surface area (Å²) in [6.45, 7) is 8.72. The molecule has 3 aliphatic rings. The Morgan fingerprint density at radius 2 is 1.89 bits per heavy atom. The van der Waals surface area contributed by atoms with Crippen LogP contribution >= 0.6 is 0 Å². The van der Waals surface area contributed by atoms with Crippen LogP contribution in [0.15, 0.2) is 66.2 Å². The van der Waals surface area contributed by atoms with E-state index < -0.39 is 0 Å². The zero-order chi connectivity index (χ0) is 24.0. The van der Waals surface area contributed by atoms with Gasteiger partial charge in [-0.3, -0.25) is 14.8 Å². The summed E-state index contributed by atoms with van der Waals surface area (Å²) in [5.41, 5.74) is 4.99. The smallest absolute Gasteiger partial charge is 0.142 e. The van der Waals surface area contributed by atoms with Crippen LogP contribution in [0.3, 0.4) is 0 Å². The van der Waals surface area contributed by atoms with E-state index in [1.165, 1.54) is 48.1 Å². The van der Waals surface area contributed by atoms with E-state index in [1.54, 1.807) is 7.11 Å². The van der Waals surface area contributed by atoms with Gasteiger partial charge in [-0.15, -0.1) is 0 Å². The van der Waals surface area contributed by atoms with E-state index in [1.807, 2.05) is 30.6 Å². The van der Waals surface area contributed by atoms with Crippen LogP contribution < -0.4 is 9.64 Å². The molecule has 186 valence electrons. The highest BCUT2D eigenvalue weighted by Gasteiger charge is 2.27. The number of anilines is 1. The standard InChI is InChI=1S/C29H38N4O2/c1-23-25(21-33(22-35-23)27-9-3-4-10-27)18-26(24-8-7-13-30-19-24)20-31-14-16-32(17-15-31)28-11-5-6-12-29(28)34-2/h5-8,11-13,18-19,27H,3-4,9-10,14-17,20-22H2,1-2H3/b26-18-.